The van der Waals surface area contributed by atoms with Crippen LogP contribution in [0.1, 0.15) is 19.8 Å². The Morgan fingerprint density at radius 1 is 1.00 bits per heavy atom. The van der Waals surface area contributed by atoms with Crippen molar-refractivity contribution in [2.45, 2.75) is 19.8 Å². The van der Waals surface area contributed by atoms with Crippen LogP contribution >= 0.6 is 24.8 Å². The van der Waals surface area contributed by atoms with Crippen molar-refractivity contribution in [2.24, 2.45) is 5.41 Å². The largest absolute Gasteiger partial charge is 0.491 e. The second-order valence-electron chi connectivity index (χ2n) is 7.83. The van der Waals surface area contributed by atoms with Crippen molar-refractivity contribution in [2.75, 3.05) is 19.7 Å². The molecule has 0 bridgehead atoms. The summed E-state index contributed by atoms with van der Waals surface area (Å²) in [5.74, 6) is 1.56. The predicted molar refractivity (Wildman–Crippen MR) is 124 cm³/mol. The molecule has 1 aliphatic heterocycles. The van der Waals surface area contributed by atoms with Gasteiger partial charge in [-0.1, -0.05) is 31.2 Å². The van der Waals surface area contributed by atoms with Crippen molar-refractivity contribution in [3.63, 3.8) is 0 Å². The van der Waals surface area contributed by atoms with Crippen LogP contribution in [0.3, 0.4) is 0 Å². The fraction of sp³-hybridized carbons (Fsp3) is 0.318. The van der Waals surface area contributed by atoms with Gasteiger partial charge in [0.1, 0.15) is 17.0 Å². The first-order chi connectivity index (χ1) is 13.7. The zero-order valence-electron chi connectivity index (χ0n) is 16.7. The Labute approximate surface area is 187 Å². The first-order valence-electron chi connectivity index (χ1n) is 9.75. The smallest absolute Gasteiger partial charge is 0.187 e. The van der Waals surface area contributed by atoms with Gasteiger partial charge < -0.3 is 10.1 Å². The molecular formula is C22H25Cl2N5O. The van der Waals surface area contributed by atoms with Crippen molar-refractivity contribution >= 4 is 41.4 Å². The van der Waals surface area contributed by atoms with Crippen LogP contribution in [0.4, 0.5) is 0 Å². The molecule has 0 saturated carbocycles. The maximum atomic E-state index is 6.29. The number of fused-ring (bicyclic) bond motifs is 2. The van der Waals surface area contributed by atoms with E-state index in [-0.39, 0.29) is 30.2 Å². The van der Waals surface area contributed by atoms with Gasteiger partial charge in [-0.3, -0.25) is 4.40 Å². The highest BCUT2D eigenvalue weighted by atomic mass is 35.5. The Morgan fingerprint density at radius 2 is 1.83 bits per heavy atom. The van der Waals surface area contributed by atoms with E-state index in [2.05, 4.69) is 34.6 Å². The van der Waals surface area contributed by atoms with Gasteiger partial charge >= 0.3 is 0 Å². The summed E-state index contributed by atoms with van der Waals surface area (Å²) in [6.07, 6.45) is 4.21. The van der Waals surface area contributed by atoms with Crippen LogP contribution in [0.25, 0.3) is 28.1 Å². The number of nitrogens with zero attached hydrogens (tertiary/aromatic N) is 4. The van der Waals surface area contributed by atoms with Gasteiger partial charge in [-0.05, 0) is 50.2 Å². The molecule has 1 fully saturated rings. The van der Waals surface area contributed by atoms with Crippen LogP contribution < -0.4 is 10.1 Å². The number of piperidine rings is 1. The molecule has 0 unspecified atom stereocenters. The van der Waals surface area contributed by atoms with E-state index in [1.807, 2.05) is 47.0 Å². The summed E-state index contributed by atoms with van der Waals surface area (Å²) in [6.45, 7) is 5.11. The van der Waals surface area contributed by atoms with Gasteiger partial charge in [-0.15, -0.1) is 35.0 Å². The third-order valence-electron chi connectivity index (χ3n) is 5.61. The number of halogens is 2. The van der Waals surface area contributed by atoms with Crippen LogP contribution in [0, 0.1) is 5.41 Å². The van der Waals surface area contributed by atoms with Crippen LogP contribution in [0.15, 0.2) is 54.7 Å². The fourth-order valence-corrected chi connectivity index (χ4v) is 3.80. The molecule has 0 aliphatic carbocycles. The number of hydrogen-bond acceptors (Lipinski definition) is 5. The monoisotopic (exact) mass is 445 g/mol. The number of rotatable bonds is 4. The fourth-order valence-electron chi connectivity index (χ4n) is 3.80. The van der Waals surface area contributed by atoms with E-state index in [1.165, 1.54) is 0 Å². The Hall–Kier alpha value is -2.41. The average molecular weight is 446 g/mol. The minimum absolute atomic E-state index is 0. The number of nitrogens with one attached hydrogen (secondary N) is 1. The van der Waals surface area contributed by atoms with Crippen molar-refractivity contribution in [1.82, 2.24) is 24.9 Å². The highest BCUT2D eigenvalue weighted by molar-refractivity contribution is 5.86. The second kappa shape index (κ2) is 9.16. The van der Waals surface area contributed by atoms with Crippen LogP contribution in [0.2, 0.25) is 0 Å². The van der Waals surface area contributed by atoms with Crippen molar-refractivity contribution in [3.05, 3.63) is 54.7 Å². The highest BCUT2D eigenvalue weighted by Gasteiger charge is 2.27. The van der Waals surface area contributed by atoms with Gasteiger partial charge in [0.15, 0.2) is 11.5 Å². The number of benzene rings is 1. The molecule has 0 spiro atoms. The molecular weight excluding hydrogens is 421 g/mol. The molecule has 0 atom stereocenters. The van der Waals surface area contributed by atoms with E-state index in [4.69, 9.17) is 9.72 Å². The minimum atomic E-state index is 0. The third kappa shape index (κ3) is 4.21. The Bertz CT molecular complexity index is 1140. The summed E-state index contributed by atoms with van der Waals surface area (Å²) in [7, 11) is 0. The molecule has 1 saturated heterocycles. The van der Waals surface area contributed by atoms with Crippen LogP contribution in [-0.2, 0) is 0 Å². The van der Waals surface area contributed by atoms with Gasteiger partial charge in [0.25, 0.3) is 0 Å². The molecule has 0 radical (unpaired) electrons. The maximum absolute atomic E-state index is 6.29. The normalized spacial score (nSPS) is 15.4. The molecule has 8 heteroatoms. The Balaban J connectivity index is 0.00000128. The van der Waals surface area contributed by atoms with E-state index >= 15 is 0 Å². The SMILES string of the molecule is CC1(COc2cccc3ccc(-c4nnc5ccccn45)nc23)CCNCC1.Cl.Cl. The predicted octanol–water partition coefficient (Wildman–Crippen LogP) is 4.56. The third-order valence-corrected chi connectivity index (χ3v) is 5.61. The summed E-state index contributed by atoms with van der Waals surface area (Å²) >= 11 is 0. The molecule has 6 nitrogen and oxygen atoms in total. The maximum Gasteiger partial charge on any atom is 0.187 e. The molecule has 30 heavy (non-hydrogen) atoms. The summed E-state index contributed by atoms with van der Waals surface area (Å²) in [6, 6.07) is 16.0. The summed E-state index contributed by atoms with van der Waals surface area (Å²) in [4.78, 5) is 4.89. The van der Waals surface area contributed by atoms with Crippen LogP contribution in [-0.4, -0.2) is 39.3 Å². The van der Waals surface area contributed by atoms with Gasteiger partial charge in [0, 0.05) is 17.0 Å². The first-order valence-corrected chi connectivity index (χ1v) is 9.75. The lowest BCUT2D eigenvalue weighted by molar-refractivity contribution is 0.124. The van der Waals surface area contributed by atoms with E-state index in [9.17, 15) is 0 Å². The average Bonchev–Trinajstić information content (AvgIpc) is 3.17. The van der Waals surface area contributed by atoms with Gasteiger partial charge in [0.2, 0.25) is 0 Å². The lowest BCUT2D eigenvalue weighted by atomic mass is 9.82. The summed E-state index contributed by atoms with van der Waals surface area (Å²) in [5, 5.41) is 13.1. The van der Waals surface area contributed by atoms with E-state index in [0.717, 1.165) is 59.7 Å². The standard InChI is InChI=1S/C22H23N5O.2ClH/c1-22(10-12-23-13-11-22)15-28-18-6-4-5-16-8-9-17(24-20(16)18)21-26-25-19-7-2-3-14-27(19)21;;/h2-9,14,23H,10-13,15H2,1H3;2*1H. The van der Waals surface area contributed by atoms with E-state index in [1.54, 1.807) is 0 Å². The number of para-hydroxylation sites is 1. The van der Waals surface area contributed by atoms with E-state index in [0.29, 0.717) is 6.61 Å². The van der Waals surface area contributed by atoms with Crippen molar-refractivity contribution in [1.29, 1.82) is 0 Å². The molecule has 3 aromatic heterocycles. The van der Waals surface area contributed by atoms with Gasteiger partial charge in [-0.25, -0.2) is 4.98 Å². The topological polar surface area (TPSA) is 64.3 Å². The van der Waals surface area contributed by atoms with Crippen molar-refractivity contribution in [3.8, 4) is 17.3 Å². The number of hydrogen-bond donors (Lipinski definition) is 1. The molecule has 158 valence electrons. The first kappa shape index (κ1) is 22.3. The zero-order valence-corrected chi connectivity index (χ0v) is 18.4. The van der Waals surface area contributed by atoms with Gasteiger partial charge in [0.05, 0.1) is 6.61 Å². The quantitative estimate of drug-likeness (QED) is 0.498. The zero-order chi connectivity index (χ0) is 19.0. The molecule has 4 aromatic rings. The number of ether oxygens (including phenoxy) is 1. The summed E-state index contributed by atoms with van der Waals surface area (Å²) < 4.78 is 8.24. The Morgan fingerprint density at radius 3 is 2.67 bits per heavy atom. The second-order valence-corrected chi connectivity index (χ2v) is 7.83. The van der Waals surface area contributed by atoms with E-state index < -0.39 is 0 Å². The number of aromatic nitrogens is 4. The van der Waals surface area contributed by atoms with Crippen LogP contribution in [0.5, 0.6) is 5.75 Å². The van der Waals surface area contributed by atoms with Crippen molar-refractivity contribution < 1.29 is 4.74 Å². The number of pyridine rings is 2. The minimum Gasteiger partial charge on any atom is -0.491 e. The highest BCUT2D eigenvalue weighted by Crippen LogP contribution is 2.32. The Kier molecular flexibility index (Phi) is 6.81. The molecule has 0 amide bonds. The molecule has 1 aliphatic rings. The molecule has 4 heterocycles. The lowest BCUT2D eigenvalue weighted by Crippen LogP contribution is -2.38. The lowest BCUT2D eigenvalue weighted by Gasteiger charge is -2.33. The molecule has 1 N–H and O–H groups in total. The van der Waals surface area contributed by atoms with Gasteiger partial charge in [-0.2, -0.15) is 0 Å². The summed E-state index contributed by atoms with van der Waals surface area (Å²) in [5.41, 5.74) is 2.66. The molecule has 5 rings (SSSR count). The molecule has 1 aromatic carbocycles.